The molecule has 1 aliphatic heterocycles. The number of aliphatic hydroxyl groups excluding tert-OH is 2. The molecule has 1 rings (SSSR count). The number of carbonyl (C=O) groups is 10. The zero-order valence-electron chi connectivity index (χ0n) is 35.1. The van der Waals surface area contributed by atoms with E-state index in [9.17, 15) is 72.5 Å². The molecule has 1 fully saturated rings. The fourth-order valence-corrected chi connectivity index (χ4v) is 5.95. The number of carboxylic acids is 1. The number of primary amides is 1. The molecule has 64 heavy (non-hydrogen) atoms. The number of hydrogen-bond donors (Lipinski definition) is 16. The topological polar surface area (TPSA) is 502 Å². The summed E-state index contributed by atoms with van der Waals surface area (Å²) in [7, 11) is -5.31. The number of phosphoric acid groups is 1. The van der Waals surface area contributed by atoms with Crippen molar-refractivity contribution in [3.8, 4) is 0 Å². The number of nitrogens with zero attached hydrogens (tertiary/aromatic N) is 2. The van der Waals surface area contributed by atoms with Gasteiger partial charge in [-0.15, -0.1) is 0 Å². The van der Waals surface area contributed by atoms with Crippen LogP contribution >= 0.6 is 7.82 Å². The highest BCUT2D eigenvalue weighted by atomic mass is 31.2. The van der Waals surface area contributed by atoms with E-state index in [4.69, 9.17) is 28.0 Å². The number of phosphoric ester groups is 1. The van der Waals surface area contributed by atoms with Gasteiger partial charge in [-0.2, -0.15) is 0 Å². The van der Waals surface area contributed by atoms with E-state index in [1.54, 1.807) is 0 Å². The Hall–Kier alpha value is -6.04. The van der Waals surface area contributed by atoms with Gasteiger partial charge in [0.25, 0.3) is 0 Å². The first kappa shape index (κ1) is 56.0. The van der Waals surface area contributed by atoms with Crippen molar-refractivity contribution in [2.24, 2.45) is 27.9 Å². The summed E-state index contributed by atoms with van der Waals surface area (Å²) in [4.78, 5) is 150. The molecule has 0 aromatic carbocycles. The number of aliphatic carboxylic acids is 1. The van der Waals surface area contributed by atoms with Crippen LogP contribution in [0.2, 0.25) is 0 Å². The molecule has 0 spiro atoms. The third kappa shape index (κ3) is 19.6. The fourth-order valence-electron chi connectivity index (χ4n) is 5.60. The van der Waals surface area contributed by atoms with Crippen molar-refractivity contribution in [1.29, 1.82) is 0 Å². The van der Waals surface area contributed by atoms with Crippen LogP contribution in [0.4, 0.5) is 0 Å². The van der Waals surface area contributed by atoms with E-state index in [1.807, 2.05) is 10.6 Å². The van der Waals surface area contributed by atoms with Gasteiger partial charge in [0.1, 0.15) is 48.3 Å². The lowest BCUT2D eigenvalue weighted by Gasteiger charge is -2.29. The highest BCUT2D eigenvalue weighted by Gasteiger charge is 2.39. The molecule has 20 N–H and O–H groups in total. The van der Waals surface area contributed by atoms with Crippen LogP contribution in [-0.4, -0.2) is 182 Å². The highest BCUT2D eigenvalue weighted by molar-refractivity contribution is 7.46. The molecule has 0 saturated carbocycles. The molecule has 0 bridgehead atoms. The molecule has 9 atom stereocenters. The highest BCUT2D eigenvalue weighted by Crippen LogP contribution is 2.35. The number of carbonyl (C=O) groups excluding carboxylic acids is 9. The summed E-state index contributed by atoms with van der Waals surface area (Å²) in [5.41, 5.74) is 21.5. The molecule has 9 amide bonds. The van der Waals surface area contributed by atoms with Crippen molar-refractivity contribution < 1.29 is 82.1 Å². The first-order valence-corrected chi connectivity index (χ1v) is 20.9. The summed E-state index contributed by atoms with van der Waals surface area (Å²) in [5.74, 6) is -11.2. The molecule has 0 aromatic heterocycles. The normalized spacial score (nSPS) is 17.3. The maximum absolute atomic E-state index is 13.6. The number of rotatable bonds is 27. The minimum atomic E-state index is -5.31. The Labute approximate surface area is 365 Å². The van der Waals surface area contributed by atoms with Gasteiger partial charge in [-0.3, -0.25) is 57.5 Å². The standard InChI is InChI=1S/C33H58N13O17P/c1-14(24(50)41-16(3)32(58)59)39-26(52)18(10-23(35)49)42-30(56)22-7-5-9-46(22)31(57)15(2)40-29(55)21(13-63-64(60,61)62)45-28(54)20(12-48)44-27(53)19(11-47)43-25(51)17(34)6-4-8-38-33(36)37/h14-22,47-48H,4-13,34H2,1-3H3,(H2,35,49)(H,39,52)(H,40,55)(H,41,50)(H,42,56)(H,43,51)(H,44,53)(H,45,54)(H,58,59)(H4,36,37,38)(H2,60,61,62)/t14-,15-,16-,17-,18-,19-,20-,21-,22-/m0/s1. The van der Waals surface area contributed by atoms with Crippen LogP contribution in [0.25, 0.3) is 0 Å². The van der Waals surface area contributed by atoms with Gasteiger partial charge in [0.2, 0.25) is 53.2 Å². The maximum atomic E-state index is 13.6. The summed E-state index contributed by atoms with van der Waals surface area (Å²) in [6.45, 7) is 0.193. The average Bonchev–Trinajstić information content (AvgIpc) is 3.70. The Morgan fingerprint density at radius 3 is 1.73 bits per heavy atom. The molecule has 1 heterocycles. The number of nitrogens with two attached hydrogens (primary N) is 4. The molecule has 0 aromatic rings. The van der Waals surface area contributed by atoms with Crippen molar-refractivity contribution in [2.45, 2.75) is 107 Å². The Kier molecular flexibility index (Phi) is 23.2. The molecule has 0 aliphatic carbocycles. The first-order valence-electron chi connectivity index (χ1n) is 19.4. The molecule has 0 unspecified atom stereocenters. The van der Waals surface area contributed by atoms with Gasteiger partial charge in [-0.05, 0) is 46.5 Å². The van der Waals surface area contributed by atoms with Crippen molar-refractivity contribution in [1.82, 2.24) is 42.1 Å². The lowest BCUT2D eigenvalue weighted by atomic mass is 10.1. The zero-order chi connectivity index (χ0) is 49.1. The van der Waals surface area contributed by atoms with Gasteiger partial charge >= 0.3 is 13.8 Å². The van der Waals surface area contributed by atoms with Crippen LogP contribution in [-0.2, 0) is 57.0 Å². The van der Waals surface area contributed by atoms with Crippen molar-refractivity contribution >= 4 is 72.9 Å². The second-order valence-electron chi connectivity index (χ2n) is 14.3. The predicted octanol–water partition coefficient (Wildman–Crippen LogP) is -9.13. The van der Waals surface area contributed by atoms with E-state index in [1.165, 1.54) is 13.8 Å². The van der Waals surface area contributed by atoms with E-state index < -0.39 is 148 Å². The lowest BCUT2D eigenvalue weighted by molar-refractivity contribution is -0.143. The van der Waals surface area contributed by atoms with Crippen LogP contribution in [0.3, 0.4) is 0 Å². The van der Waals surface area contributed by atoms with Crippen LogP contribution in [0.5, 0.6) is 0 Å². The summed E-state index contributed by atoms with van der Waals surface area (Å²) < 4.78 is 15.9. The monoisotopic (exact) mass is 939 g/mol. The molecule has 30 nitrogen and oxygen atoms in total. The van der Waals surface area contributed by atoms with Gasteiger partial charge in [0, 0.05) is 13.1 Å². The van der Waals surface area contributed by atoms with Crippen molar-refractivity contribution in [3.63, 3.8) is 0 Å². The van der Waals surface area contributed by atoms with Crippen molar-refractivity contribution in [3.05, 3.63) is 0 Å². The number of nitrogens with one attached hydrogen (secondary N) is 7. The molecule has 362 valence electrons. The van der Waals surface area contributed by atoms with Crippen LogP contribution in [0.15, 0.2) is 4.99 Å². The fraction of sp³-hybridized carbons (Fsp3) is 0.667. The van der Waals surface area contributed by atoms with Gasteiger partial charge in [-0.1, -0.05) is 0 Å². The molecule has 1 aliphatic rings. The lowest BCUT2D eigenvalue weighted by Crippen LogP contribution is -2.61. The number of likely N-dealkylation sites (tertiary alicyclic amines) is 1. The predicted molar refractivity (Wildman–Crippen MR) is 217 cm³/mol. The number of aliphatic hydroxyl groups is 2. The van der Waals surface area contributed by atoms with Gasteiger partial charge in [-0.25, -0.2) is 4.57 Å². The Morgan fingerprint density at radius 1 is 0.719 bits per heavy atom. The summed E-state index contributed by atoms with van der Waals surface area (Å²) in [5, 5.41) is 43.7. The number of hydrogen-bond acceptors (Lipinski definition) is 16. The minimum Gasteiger partial charge on any atom is -0.480 e. The molecular formula is C33H58N13O17P. The molecule has 1 saturated heterocycles. The number of amides is 9. The van der Waals surface area contributed by atoms with Gasteiger partial charge in [0.15, 0.2) is 5.96 Å². The van der Waals surface area contributed by atoms with Gasteiger partial charge in [0.05, 0.1) is 32.3 Å². The summed E-state index contributed by atoms with van der Waals surface area (Å²) >= 11 is 0. The number of carboxylic acid groups (broad SMARTS) is 1. The summed E-state index contributed by atoms with van der Waals surface area (Å²) in [6.07, 6.45) is -0.179. The van der Waals surface area contributed by atoms with Crippen molar-refractivity contribution in [2.75, 3.05) is 32.9 Å². The van der Waals surface area contributed by atoms with E-state index in [2.05, 4.69) is 36.1 Å². The smallest absolute Gasteiger partial charge is 0.469 e. The van der Waals surface area contributed by atoms with Crippen LogP contribution < -0.4 is 60.2 Å². The van der Waals surface area contributed by atoms with Gasteiger partial charge < -0.3 is 90.2 Å². The van der Waals surface area contributed by atoms with E-state index in [-0.39, 0.29) is 44.7 Å². The van der Waals surface area contributed by atoms with Crippen LogP contribution in [0, 0.1) is 0 Å². The number of guanidine groups is 1. The minimum absolute atomic E-state index is 0.0203. The quantitative estimate of drug-likeness (QED) is 0.0157. The zero-order valence-corrected chi connectivity index (χ0v) is 35.9. The second-order valence-corrected chi connectivity index (χ2v) is 15.6. The van der Waals surface area contributed by atoms with E-state index in [0.29, 0.717) is 0 Å². The van der Waals surface area contributed by atoms with Crippen LogP contribution in [0.1, 0.15) is 52.9 Å². The first-order chi connectivity index (χ1) is 29.7. The third-order valence-electron chi connectivity index (χ3n) is 9.07. The Morgan fingerprint density at radius 2 is 1.22 bits per heavy atom. The SMILES string of the molecule is C[C@H](NC(=O)[C@H](C)NC(=O)[C@H](CC(N)=O)NC(=O)[C@@H]1CCCN1C(=O)[C@H](C)NC(=O)[C@H](COP(=O)(O)O)NC(=O)[C@H](CO)NC(=O)[C@H](CO)NC(=O)[C@@H](N)CCCN=C(N)N)C(=O)O. The molecule has 31 heteroatoms. The second kappa shape index (κ2) is 26.6. The Balaban J connectivity index is 3.09. The summed E-state index contributed by atoms with van der Waals surface area (Å²) in [6, 6.07) is -14.0. The third-order valence-corrected chi connectivity index (χ3v) is 9.55. The largest absolute Gasteiger partial charge is 0.480 e. The maximum Gasteiger partial charge on any atom is 0.469 e. The number of aliphatic imine (C=N–C) groups is 1. The van der Waals surface area contributed by atoms with E-state index in [0.717, 1.165) is 11.8 Å². The average molecular weight is 940 g/mol. The van der Waals surface area contributed by atoms with E-state index >= 15 is 0 Å². The Bertz CT molecular complexity index is 1800. The molecular weight excluding hydrogens is 881 g/mol. The molecule has 0 radical (unpaired) electrons.